The van der Waals surface area contributed by atoms with Crippen LogP contribution in [0.25, 0.3) is 0 Å². The lowest BCUT2D eigenvalue weighted by Crippen LogP contribution is -2.25. The van der Waals surface area contributed by atoms with E-state index in [2.05, 4.69) is 10.1 Å². The molecule has 1 amide bonds. The van der Waals surface area contributed by atoms with Gasteiger partial charge in [0.15, 0.2) is 5.82 Å². The smallest absolute Gasteiger partial charge is 0.232 e. The molecule has 0 saturated carbocycles. The van der Waals surface area contributed by atoms with Crippen LogP contribution in [0.1, 0.15) is 31.0 Å². The van der Waals surface area contributed by atoms with Gasteiger partial charge in [0.25, 0.3) is 0 Å². The number of halogens is 1. The summed E-state index contributed by atoms with van der Waals surface area (Å²) in [4.78, 5) is 17.7. The van der Waals surface area contributed by atoms with E-state index in [0.717, 1.165) is 0 Å². The minimum atomic E-state index is -0.402. The van der Waals surface area contributed by atoms with Gasteiger partial charge in [0.05, 0.1) is 11.6 Å². The molecule has 3 rings (SSSR count). The molecular formula is C14H14FN3O2. The highest BCUT2D eigenvalue weighted by molar-refractivity contribution is 5.96. The molecule has 1 saturated heterocycles. The monoisotopic (exact) mass is 275 g/mol. The van der Waals surface area contributed by atoms with E-state index in [1.807, 2.05) is 6.92 Å². The number of hydrogen-bond acceptors (Lipinski definition) is 4. The van der Waals surface area contributed by atoms with E-state index in [1.54, 1.807) is 18.2 Å². The molecule has 0 spiro atoms. The van der Waals surface area contributed by atoms with Crippen LogP contribution in [0.15, 0.2) is 28.8 Å². The molecule has 20 heavy (non-hydrogen) atoms. The molecule has 1 aromatic carbocycles. The Kier molecular flexibility index (Phi) is 3.22. The van der Waals surface area contributed by atoms with Crippen LogP contribution in [-0.2, 0) is 11.2 Å². The van der Waals surface area contributed by atoms with Crippen LogP contribution < -0.4 is 4.90 Å². The van der Waals surface area contributed by atoms with Crippen LogP contribution in [0, 0.1) is 5.82 Å². The summed E-state index contributed by atoms with van der Waals surface area (Å²) in [6.45, 7) is 2.30. The zero-order valence-corrected chi connectivity index (χ0v) is 11.0. The SMILES string of the molecule is CCc1noc(C2CC(=O)N(c3ccccc3F)C2)n1. The molecular weight excluding hydrogens is 261 g/mol. The van der Waals surface area contributed by atoms with Gasteiger partial charge in [-0.15, -0.1) is 0 Å². The molecule has 1 atom stereocenters. The van der Waals surface area contributed by atoms with Crippen molar-refractivity contribution in [3.05, 3.63) is 41.8 Å². The van der Waals surface area contributed by atoms with E-state index >= 15 is 0 Å². The number of nitrogens with zero attached hydrogens (tertiary/aromatic N) is 3. The summed E-state index contributed by atoms with van der Waals surface area (Å²) >= 11 is 0. The summed E-state index contributed by atoms with van der Waals surface area (Å²) in [5.41, 5.74) is 0.301. The third-order valence-corrected chi connectivity index (χ3v) is 3.42. The fraction of sp³-hybridized carbons (Fsp3) is 0.357. The van der Waals surface area contributed by atoms with Gasteiger partial charge in [0.2, 0.25) is 11.8 Å². The van der Waals surface area contributed by atoms with Gasteiger partial charge in [-0.25, -0.2) is 4.39 Å². The van der Waals surface area contributed by atoms with Crippen LogP contribution in [0.3, 0.4) is 0 Å². The number of carbonyl (C=O) groups excluding carboxylic acids is 1. The fourth-order valence-electron chi connectivity index (χ4n) is 2.35. The highest BCUT2D eigenvalue weighted by Crippen LogP contribution is 2.32. The van der Waals surface area contributed by atoms with E-state index in [1.165, 1.54) is 11.0 Å². The summed E-state index contributed by atoms with van der Waals surface area (Å²) in [6.07, 6.45) is 0.945. The van der Waals surface area contributed by atoms with Crippen molar-refractivity contribution in [2.75, 3.05) is 11.4 Å². The first-order valence-electron chi connectivity index (χ1n) is 6.56. The highest BCUT2D eigenvalue weighted by Gasteiger charge is 2.35. The summed E-state index contributed by atoms with van der Waals surface area (Å²) in [6, 6.07) is 6.25. The van der Waals surface area contributed by atoms with Crippen LogP contribution in [-0.4, -0.2) is 22.6 Å². The van der Waals surface area contributed by atoms with Crippen molar-refractivity contribution in [3.63, 3.8) is 0 Å². The molecule has 5 nitrogen and oxygen atoms in total. The first kappa shape index (κ1) is 12.8. The van der Waals surface area contributed by atoms with E-state index in [9.17, 15) is 9.18 Å². The van der Waals surface area contributed by atoms with Crippen molar-refractivity contribution in [1.29, 1.82) is 0 Å². The third-order valence-electron chi connectivity index (χ3n) is 3.42. The zero-order chi connectivity index (χ0) is 14.1. The number of aryl methyl sites for hydroxylation is 1. The molecule has 0 aliphatic carbocycles. The number of rotatable bonds is 3. The molecule has 2 heterocycles. The number of hydrogen-bond donors (Lipinski definition) is 0. The summed E-state index contributed by atoms with van der Waals surface area (Å²) in [5.74, 6) is 0.373. The maximum atomic E-state index is 13.8. The van der Waals surface area contributed by atoms with Gasteiger partial charge in [0, 0.05) is 19.4 Å². The molecule has 0 radical (unpaired) electrons. The molecule has 1 fully saturated rings. The second-order valence-corrected chi connectivity index (χ2v) is 4.76. The Bertz CT molecular complexity index is 641. The lowest BCUT2D eigenvalue weighted by molar-refractivity contribution is -0.117. The van der Waals surface area contributed by atoms with E-state index < -0.39 is 5.82 Å². The third kappa shape index (κ3) is 2.17. The molecule has 0 N–H and O–H groups in total. The van der Waals surface area contributed by atoms with Crippen LogP contribution in [0.4, 0.5) is 10.1 Å². The van der Waals surface area contributed by atoms with E-state index in [0.29, 0.717) is 30.4 Å². The van der Waals surface area contributed by atoms with Gasteiger partial charge in [-0.2, -0.15) is 4.98 Å². The second kappa shape index (κ2) is 5.03. The number of aromatic nitrogens is 2. The maximum Gasteiger partial charge on any atom is 0.232 e. The molecule has 0 bridgehead atoms. The predicted octanol–water partition coefficient (Wildman–Crippen LogP) is 2.29. The van der Waals surface area contributed by atoms with Crippen molar-refractivity contribution >= 4 is 11.6 Å². The number of para-hydroxylation sites is 1. The molecule has 1 unspecified atom stereocenters. The Hall–Kier alpha value is -2.24. The topological polar surface area (TPSA) is 59.2 Å². The Morgan fingerprint density at radius 3 is 2.95 bits per heavy atom. The average molecular weight is 275 g/mol. The Morgan fingerprint density at radius 1 is 1.45 bits per heavy atom. The molecule has 104 valence electrons. The highest BCUT2D eigenvalue weighted by atomic mass is 19.1. The van der Waals surface area contributed by atoms with Gasteiger partial charge in [-0.3, -0.25) is 4.79 Å². The first-order valence-corrected chi connectivity index (χ1v) is 6.56. The number of benzene rings is 1. The summed E-state index contributed by atoms with van der Waals surface area (Å²) in [7, 11) is 0. The molecule has 1 aliphatic heterocycles. The van der Waals surface area contributed by atoms with Gasteiger partial charge >= 0.3 is 0 Å². The number of anilines is 1. The Balaban J connectivity index is 1.83. The zero-order valence-electron chi connectivity index (χ0n) is 11.0. The minimum absolute atomic E-state index is 0.128. The van der Waals surface area contributed by atoms with Crippen molar-refractivity contribution in [2.24, 2.45) is 0 Å². The maximum absolute atomic E-state index is 13.8. The number of amides is 1. The summed E-state index contributed by atoms with van der Waals surface area (Å²) in [5, 5.41) is 3.83. The molecule has 1 aliphatic rings. The van der Waals surface area contributed by atoms with Gasteiger partial charge in [0.1, 0.15) is 5.82 Å². The second-order valence-electron chi connectivity index (χ2n) is 4.76. The van der Waals surface area contributed by atoms with Gasteiger partial charge in [-0.1, -0.05) is 24.2 Å². The number of carbonyl (C=O) groups is 1. The van der Waals surface area contributed by atoms with Crippen molar-refractivity contribution in [2.45, 2.75) is 25.7 Å². The van der Waals surface area contributed by atoms with Crippen molar-refractivity contribution in [3.8, 4) is 0 Å². The lowest BCUT2D eigenvalue weighted by Gasteiger charge is -2.16. The first-order chi connectivity index (χ1) is 9.69. The van der Waals surface area contributed by atoms with E-state index in [-0.39, 0.29) is 18.2 Å². The Morgan fingerprint density at radius 2 is 2.25 bits per heavy atom. The Labute approximate surface area is 115 Å². The van der Waals surface area contributed by atoms with Gasteiger partial charge in [-0.05, 0) is 12.1 Å². The molecule has 2 aromatic rings. The van der Waals surface area contributed by atoms with Crippen LogP contribution in [0.5, 0.6) is 0 Å². The van der Waals surface area contributed by atoms with Crippen LogP contribution >= 0.6 is 0 Å². The quantitative estimate of drug-likeness (QED) is 0.862. The molecule has 6 heteroatoms. The lowest BCUT2D eigenvalue weighted by atomic mass is 10.1. The normalized spacial score (nSPS) is 18.8. The van der Waals surface area contributed by atoms with E-state index in [4.69, 9.17) is 4.52 Å². The van der Waals surface area contributed by atoms with Crippen molar-refractivity contribution in [1.82, 2.24) is 10.1 Å². The standard InChI is InChI=1S/C14H14FN3O2/c1-2-12-16-14(20-17-12)9-7-13(19)18(8-9)11-6-4-3-5-10(11)15/h3-6,9H,2,7-8H2,1H3. The predicted molar refractivity (Wildman–Crippen MR) is 69.8 cm³/mol. The molecule has 1 aromatic heterocycles. The minimum Gasteiger partial charge on any atom is -0.339 e. The summed E-state index contributed by atoms with van der Waals surface area (Å²) < 4.78 is 18.9. The van der Waals surface area contributed by atoms with Crippen molar-refractivity contribution < 1.29 is 13.7 Å². The average Bonchev–Trinajstić information content (AvgIpc) is 3.06. The largest absolute Gasteiger partial charge is 0.339 e. The van der Waals surface area contributed by atoms with Gasteiger partial charge < -0.3 is 9.42 Å². The fourth-order valence-corrected chi connectivity index (χ4v) is 2.35. The van der Waals surface area contributed by atoms with Crippen LogP contribution in [0.2, 0.25) is 0 Å².